The number of hydrogen-bond acceptors (Lipinski definition) is 4. The lowest BCUT2D eigenvalue weighted by atomic mass is 10.00. The topological polar surface area (TPSA) is 56.0 Å². The fourth-order valence-corrected chi connectivity index (χ4v) is 2.73. The van der Waals surface area contributed by atoms with E-state index in [1.807, 2.05) is 24.5 Å². The van der Waals surface area contributed by atoms with Crippen molar-refractivity contribution in [1.82, 2.24) is 0 Å². The van der Waals surface area contributed by atoms with Crippen molar-refractivity contribution in [3.05, 3.63) is 23.8 Å². The van der Waals surface area contributed by atoms with Crippen LogP contribution >= 0.6 is 11.8 Å². The van der Waals surface area contributed by atoms with E-state index in [0.717, 1.165) is 36.4 Å². The first kappa shape index (κ1) is 15.9. The Kier molecular flexibility index (Phi) is 7.39. The molecule has 1 aromatic rings. The number of anilines is 1. The van der Waals surface area contributed by atoms with E-state index < -0.39 is 0 Å². The van der Waals surface area contributed by atoms with Crippen molar-refractivity contribution in [1.29, 1.82) is 5.26 Å². The van der Waals surface area contributed by atoms with Gasteiger partial charge in [0.05, 0.1) is 11.3 Å². The van der Waals surface area contributed by atoms with E-state index in [9.17, 15) is 5.26 Å². The third-order valence-electron chi connectivity index (χ3n) is 3.17. The minimum absolute atomic E-state index is 0.225. The molecule has 2 N–H and O–H groups in total. The SMILES string of the molecule is CCCC(CCO)CNc1cccc(SC)c1C#N. The zero-order chi connectivity index (χ0) is 14.1. The molecule has 0 aliphatic carbocycles. The second-order valence-electron chi connectivity index (χ2n) is 4.54. The summed E-state index contributed by atoms with van der Waals surface area (Å²) in [5, 5.41) is 21.7. The van der Waals surface area contributed by atoms with Crippen molar-refractivity contribution >= 4 is 17.4 Å². The molecule has 0 saturated heterocycles. The standard InChI is InChI=1S/C15H22N2OS/c1-3-5-12(8-9-18)11-17-14-6-4-7-15(19-2)13(14)10-16/h4,6-7,12,17-18H,3,5,8-9,11H2,1-2H3. The Hall–Kier alpha value is -1.18. The second kappa shape index (κ2) is 8.84. The number of aliphatic hydroxyl groups is 1. The van der Waals surface area contributed by atoms with Crippen LogP contribution < -0.4 is 5.32 Å². The molecule has 1 unspecified atom stereocenters. The number of nitrogens with zero attached hydrogens (tertiary/aromatic N) is 1. The molecule has 0 amide bonds. The average Bonchev–Trinajstić information content (AvgIpc) is 2.44. The molecule has 0 saturated carbocycles. The van der Waals surface area contributed by atoms with Gasteiger partial charge < -0.3 is 10.4 Å². The van der Waals surface area contributed by atoms with Crippen molar-refractivity contribution in [3.63, 3.8) is 0 Å². The van der Waals surface area contributed by atoms with Gasteiger partial charge in [-0.2, -0.15) is 5.26 Å². The van der Waals surface area contributed by atoms with Gasteiger partial charge in [-0.05, 0) is 37.1 Å². The summed E-state index contributed by atoms with van der Waals surface area (Å²) in [4.78, 5) is 1.00. The van der Waals surface area contributed by atoms with Crippen LogP contribution in [-0.4, -0.2) is 24.5 Å². The third kappa shape index (κ3) is 4.77. The lowest BCUT2D eigenvalue weighted by Crippen LogP contribution is -2.16. The monoisotopic (exact) mass is 278 g/mol. The predicted octanol–water partition coefficient (Wildman–Crippen LogP) is 3.49. The summed E-state index contributed by atoms with van der Waals surface area (Å²) in [6.07, 6.45) is 5.00. The first-order valence-corrected chi connectivity index (χ1v) is 7.91. The zero-order valence-electron chi connectivity index (χ0n) is 11.6. The maximum absolute atomic E-state index is 9.26. The molecule has 0 aromatic heterocycles. The summed E-state index contributed by atoms with van der Waals surface area (Å²) in [6, 6.07) is 8.15. The summed E-state index contributed by atoms with van der Waals surface area (Å²) < 4.78 is 0. The van der Waals surface area contributed by atoms with Gasteiger partial charge in [0.15, 0.2) is 0 Å². The summed E-state index contributed by atoms with van der Waals surface area (Å²) in [5.74, 6) is 0.458. The third-order valence-corrected chi connectivity index (χ3v) is 3.95. The van der Waals surface area contributed by atoms with Crippen LogP contribution in [0.15, 0.2) is 23.1 Å². The Morgan fingerprint density at radius 3 is 2.79 bits per heavy atom. The van der Waals surface area contributed by atoms with Gasteiger partial charge >= 0.3 is 0 Å². The van der Waals surface area contributed by atoms with Gasteiger partial charge in [0.25, 0.3) is 0 Å². The number of nitrogens with one attached hydrogen (secondary N) is 1. The van der Waals surface area contributed by atoms with Crippen molar-refractivity contribution in [2.75, 3.05) is 24.7 Å². The van der Waals surface area contributed by atoms with Crippen LogP contribution in [-0.2, 0) is 0 Å². The largest absolute Gasteiger partial charge is 0.396 e. The molecule has 0 radical (unpaired) electrons. The molecule has 1 rings (SSSR count). The predicted molar refractivity (Wildman–Crippen MR) is 81.5 cm³/mol. The van der Waals surface area contributed by atoms with Crippen molar-refractivity contribution < 1.29 is 5.11 Å². The number of hydrogen-bond donors (Lipinski definition) is 2. The number of benzene rings is 1. The molecule has 0 heterocycles. The maximum Gasteiger partial charge on any atom is 0.102 e. The van der Waals surface area contributed by atoms with Crippen LogP contribution in [0.2, 0.25) is 0 Å². The highest BCUT2D eigenvalue weighted by molar-refractivity contribution is 7.98. The maximum atomic E-state index is 9.26. The van der Waals surface area contributed by atoms with Gasteiger partial charge in [0.2, 0.25) is 0 Å². The fraction of sp³-hybridized carbons (Fsp3) is 0.533. The summed E-state index contributed by atoms with van der Waals surface area (Å²) in [7, 11) is 0. The molecule has 0 bridgehead atoms. The molecule has 0 aliphatic heterocycles. The van der Waals surface area contributed by atoms with Crippen molar-refractivity contribution in [3.8, 4) is 6.07 Å². The smallest absolute Gasteiger partial charge is 0.102 e. The molecule has 4 heteroatoms. The van der Waals surface area contributed by atoms with E-state index in [1.54, 1.807) is 11.8 Å². The van der Waals surface area contributed by atoms with Crippen LogP contribution in [0.1, 0.15) is 31.7 Å². The quantitative estimate of drug-likeness (QED) is 0.715. The van der Waals surface area contributed by atoms with E-state index in [1.165, 1.54) is 0 Å². The van der Waals surface area contributed by atoms with Gasteiger partial charge in [-0.15, -0.1) is 11.8 Å². The van der Waals surface area contributed by atoms with Gasteiger partial charge in [0.1, 0.15) is 6.07 Å². The summed E-state index contributed by atoms with van der Waals surface area (Å²) in [6.45, 7) is 3.18. The fourth-order valence-electron chi connectivity index (χ4n) is 2.16. The highest BCUT2D eigenvalue weighted by Crippen LogP contribution is 2.26. The molecule has 104 valence electrons. The first-order valence-electron chi connectivity index (χ1n) is 6.68. The van der Waals surface area contributed by atoms with Crippen molar-refractivity contribution in [2.45, 2.75) is 31.1 Å². The van der Waals surface area contributed by atoms with Crippen LogP contribution in [0.5, 0.6) is 0 Å². The van der Waals surface area contributed by atoms with E-state index in [0.29, 0.717) is 11.5 Å². The number of aliphatic hydroxyl groups excluding tert-OH is 1. The van der Waals surface area contributed by atoms with Gasteiger partial charge in [-0.1, -0.05) is 19.4 Å². The highest BCUT2D eigenvalue weighted by atomic mass is 32.2. The zero-order valence-corrected chi connectivity index (χ0v) is 12.5. The Morgan fingerprint density at radius 2 is 2.21 bits per heavy atom. The number of nitriles is 1. The van der Waals surface area contributed by atoms with Crippen LogP contribution in [0.25, 0.3) is 0 Å². The molecule has 0 aliphatic rings. The molecular weight excluding hydrogens is 256 g/mol. The lowest BCUT2D eigenvalue weighted by Gasteiger charge is -2.17. The minimum Gasteiger partial charge on any atom is -0.396 e. The Labute approximate surface area is 120 Å². The molecule has 3 nitrogen and oxygen atoms in total. The van der Waals surface area contributed by atoms with Gasteiger partial charge in [-0.25, -0.2) is 0 Å². The summed E-state index contributed by atoms with van der Waals surface area (Å²) >= 11 is 1.59. The number of thioether (sulfide) groups is 1. The summed E-state index contributed by atoms with van der Waals surface area (Å²) in [5.41, 5.74) is 1.61. The molecular formula is C15H22N2OS. The molecule has 1 aromatic carbocycles. The lowest BCUT2D eigenvalue weighted by molar-refractivity contribution is 0.255. The molecule has 0 fully saturated rings. The van der Waals surface area contributed by atoms with E-state index in [4.69, 9.17) is 5.11 Å². The Bertz CT molecular complexity index is 423. The highest BCUT2D eigenvalue weighted by Gasteiger charge is 2.10. The van der Waals surface area contributed by atoms with Crippen molar-refractivity contribution in [2.24, 2.45) is 5.92 Å². The van der Waals surface area contributed by atoms with Crippen LogP contribution in [0.4, 0.5) is 5.69 Å². The Morgan fingerprint density at radius 1 is 1.42 bits per heavy atom. The van der Waals surface area contributed by atoms with Crippen LogP contribution in [0, 0.1) is 17.2 Å². The van der Waals surface area contributed by atoms with E-state index in [-0.39, 0.29) is 6.61 Å². The van der Waals surface area contributed by atoms with E-state index in [2.05, 4.69) is 18.3 Å². The van der Waals surface area contributed by atoms with Gasteiger partial charge in [-0.3, -0.25) is 0 Å². The Balaban J connectivity index is 2.74. The van der Waals surface area contributed by atoms with Gasteiger partial charge in [0, 0.05) is 18.0 Å². The van der Waals surface area contributed by atoms with Crippen LogP contribution in [0.3, 0.4) is 0 Å². The molecule has 1 atom stereocenters. The number of rotatable bonds is 8. The minimum atomic E-state index is 0.225. The molecule has 0 spiro atoms. The first-order chi connectivity index (χ1) is 9.26. The molecule has 19 heavy (non-hydrogen) atoms. The average molecular weight is 278 g/mol. The normalized spacial score (nSPS) is 11.9. The van der Waals surface area contributed by atoms with E-state index >= 15 is 0 Å². The second-order valence-corrected chi connectivity index (χ2v) is 5.39.